The molecule has 446 valence electrons. The van der Waals surface area contributed by atoms with E-state index in [0.717, 1.165) is 19.1 Å². The van der Waals surface area contributed by atoms with Crippen molar-refractivity contribution in [1.29, 1.82) is 0 Å². The highest BCUT2D eigenvalue weighted by molar-refractivity contribution is 6.22. The molecular weight excluding hydrogens is 1090 g/mol. The molecule has 0 saturated carbocycles. The minimum atomic E-state index is -0.659. The summed E-state index contributed by atoms with van der Waals surface area (Å²) >= 11 is 0. The van der Waals surface area contributed by atoms with Crippen LogP contribution in [0.15, 0.2) is 310 Å². The van der Waals surface area contributed by atoms with Gasteiger partial charge in [0.05, 0.1) is 6.61 Å². The first-order chi connectivity index (χ1) is 42.6. The third-order valence-electron chi connectivity index (χ3n) is 15.0. The maximum atomic E-state index is 10.7. The smallest absolute Gasteiger partial charge is 0.330 e. The third kappa shape index (κ3) is 17.8. The van der Waals surface area contributed by atoms with Gasteiger partial charge in [0.1, 0.15) is 0 Å². The van der Waals surface area contributed by atoms with Gasteiger partial charge in [-0.05, 0) is 70.8 Å². The highest BCUT2D eigenvalue weighted by Crippen LogP contribution is 2.41. The minimum Gasteiger partial charge on any atom is -0.381 e. The van der Waals surface area contributed by atoms with Crippen molar-refractivity contribution in [2.75, 3.05) is 13.7 Å². The largest absolute Gasteiger partial charge is 0.381 e. The van der Waals surface area contributed by atoms with Gasteiger partial charge in [-0.25, -0.2) is 9.69 Å². The molecule has 10 heteroatoms. The monoisotopic (exact) mass is 1170 g/mol. The van der Waals surface area contributed by atoms with Crippen LogP contribution < -0.4 is 0 Å². The second-order valence-electron chi connectivity index (χ2n) is 20.8. The summed E-state index contributed by atoms with van der Waals surface area (Å²) in [5.41, 5.74) is 11.5. The second-order valence-corrected chi connectivity index (χ2v) is 20.8. The van der Waals surface area contributed by atoms with Crippen LogP contribution >= 0.6 is 0 Å². The molecular formula is C78H76N2O8. The zero-order chi connectivity index (χ0) is 63.2. The van der Waals surface area contributed by atoms with E-state index in [4.69, 9.17) is 4.74 Å². The van der Waals surface area contributed by atoms with Crippen LogP contribution in [0.3, 0.4) is 0 Å². The van der Waals surface area contributed by atoms with E-state index >= 15 is 0 Å². The van der Waals surface area contributed by atoms with Gasteiger partial charge in [0.2, 0.25) is 5.91 Å². The Kier molecular flexibility index (Phi) is 25.7. The van der Waals surface area contributed by atoms with Crippen LogP contribution in [0.25, 0.3) is 0 Å². The van der Waals surface area contributed by atoms with E-state index in [2.05, 4.69) is 305 Å². The Balaban J connectivity index is 0.000000175. The van der Waals surface area contributed by atoms with Crippen molar-refractivity contribution in [3.63, 3.8) is 0 Å². The Morgan fingerprint density at radius 2 is 0.625 bits per heavy atom. The standard InChI is InChI=1S/3C20H18.C6H7NO4.C6H5NO3.C6H10O/c3*1-20(17-11-5-2-6-12-17,18-13-7-3-8-14-18)19-15-9-4-10-16-19;1-4(8)11-7-5(9)2-3-6(7)10;1-4(8)7-5(9)2-3-6(7)10;1-3-4-5-6-7-2/h3*2-16H,1H3;2-3H2,1H3;2-3H,1H3;3-5H,1,6H2,2H3/b;;;;;5-4+. The second kappa shape index (κ2) is 33.9. The van der Waals surface area contributed by atoms with Crippen molar-refractivity contribution in [2.45, 2.75) is 63.7 Å². The molecule has 11 rings (SSSR count). The quantitative estimate of drug-likeness (QED) is 0.0634. The molecule has 9 aromatic rings. The van der Waals surface area contributed by atoms with E-state index in [9.17, 15) is 28.8 Å². The molecule has 5 amide bonds. The Bertz CT molecular complexity index is 3060. The van der Waals surface area contributed by atoms with E-state index in [0.29, 0.717) is 16.6 Å². The van der Waals surface area contributed by atoms with Gasteiger partial charge in [-0.3, -0.25) is 24.0 Å². The van der Waals surface area contributed by atoms with Crippen LogP contribution in [-0.2, 0) is 54.6 Å². The number of imide groups is 4. The summed E-state index contributed by atoms with van der Waals surface area (Å²) in [6.07, 6.45) is 7.88. The number of carbonyl (C=O) groups excluding carboxylic acids is 6. The predicted octanol–water partition coefficient (Wildman–Crippen LogP) is 15.6. The van der Waals surface area contributed by atoms with Gasteiger partial charge in [0, 0.05) is 62.2 Å². The van der Waals surface area contributed by atoms with Crippen LogP contribution in [0.1, 0.15) is 97.5 Å². The number of hydroxylamine groups is 2. The van der Waals surface area contributed by atoms with Crippen molar-refractivity contribution in [3.05, 3.63) is 360 Å². The Morgan fingerprint density at radius 1 is 0.409 bits per heavy atom. The number of amides is 5. The molecule has 88 heavy (non-hydrogen) atoms. The summed E-state index contributed by atoms with van der Waals surface area (Å²) in [6.45, 7) is 13.4. The van der Waals surface area contributed by atoms with E-state index in [1.165, 1.54) is 57.0 Å². The van der Waals surface area contributed by atoms with Crippen molar-refractivity contribution in [2.24, 2.45) is 0 Å². The molecule has 2 aliphatic heterocycles. The highest BCUT2D eigenvalue weighted by atomic mass is 16.7. The summed E-state index contributed by atoms with van der Waals surface area (Å²) in [7, 11) is 1.66. The first-order valence-corrected chi connectivity index (χ1v) is 29.0. The molecule has 0 unspecified atom stereocenters. The molecule has 0 aromatic heterocycles. The lowest BCUT2D eigenvalue weighted by molar-refractivity contribution is -0.195. The molecule has 1 saturated heterocycles. The fourth-order valence-corrected chi connectivity index (χ4v) is 10.2. The van der Waals surface area contributed by atoms with Gasteiger partial charge in [0.15, 0.2) is 0 Å². The molecule has 0 bridgehead atoms. The fraction of sp³-hybridized carbons (Fsp3) is 0.154. The van der Waals surface area contributed by atoms with Gasteiger partial charge in [-0.15, -0.1) is 5.06 Å². The molecule has 0 atom stereocenters. The molecule has 0 radical (unpaired) electrons. The molecule has 0 spiro atoms. The van der Waals surface area contributed by atoms with Crippen molar-refractivity contribution in [3.8, 4) is 0 Å². The van der Waals surface area contributed by atoms with Gasteiger partial charge in [-0.2, -0.15) is 0 Å². The Morgan fingerprint density at radius 3 is 0.784 bits per heavy atom. The van der Waals surface area contributed by atoms with E-state index in [1.807, 2.05) is 12.2 Å². The van der Waals surface area contributed by atoms with Crippen molar-refractivity contribution < 1.29 is 38.3 Å². The number of carbonyl (C=O) groups is 6. The number of rotatable bonds is 13. The molecule has 2 aliphatic rings. The number of ether oxygens (including phenoxy) is 1. The highest BCUT2D eigenvalue weighted by Gasteiger charge is 2.34. The third-order valence-corrected chi connectivity index (χ3v) is 15.0. The van der Waals surface area contributed by atoms with Crippen molar-refractivity contribution >= 4 is 35.5 Å². The lowest BCUT2D eigenvalue weighted by atomic mass is 9.71. The number of benzene rings is 9. The lowest BCUT2D eigenvalue weighted by Crippen LogP contribution is -2.34. The van der Waals surface area contributed by atoms with Crippen LogP contribution in [0, 0.1) is 0 Å². The normalized spacial score (nSPS) is 12.5. The summed E-state index contributed by atoms with van der Waals surface area (Å²) in [5.74, 6) is -3.22. The first kappa shape index (κ1) is 66.7. The number of allylic oxidation sites excluding steroid dienone is 2. The summed E-state index contributed by atoms with van der Waals surface area (Å²) in [5, 5.41) is 0.516. The van der Waals surface area contributed by atoms with E-state index in [1.54, 1.807) is 13.2 Å². The van der Waals surface area contributed by atoms with E-state index < -0.39 is 35.5 Å². The van der Waals surface area contributed by atoms with E-state index in [-0.39, 0.29) is 29.1 Å². The van der Waals surface area contributed by atoms with Crippen molar-refractivity contribution in [1.82, 2.24) is 9.96 Å². The molecule has 10 nitrogen and oxygen atoms in total. The summed E-state index contributed by atoms with van der Waals surface area (Å²) < 4.78 is 4.71. The van der Waals surface area contributed by atoms with Gasteiger partial charge in [0.25, 0.3) is 23.6 Å². The number of nitrogens with zero attached hydrogens (tertiary/aromatic N) is 2. The Labute approximate surface area is 518 Å². The van der Waals surface area contributed by atoms with Gasteiger partial charge < -0.3 is 9.57 Å². The number of hydrogen-bond acceptors (Lipinski definition) is 8. The predicted molar refractivity (Wildman–Crippen MR) is 350 cm³/mol. The molecule has 0 N–H and O–H groups in total. The summed E-state index contributed by atoms with van der Waals surface area (Å²) in [4.78, 5) is 68.5. The van der Waals surface area contributed by atoms with Crippen LogP contribution in [-0.4, -0.2) is 59.2 Å². The number of hydrogen-bond donors (Lipinski definition) is 0. The van der Waals surface area contributed by atoms with Crippen LogP contribution in [0.5, 0.6) is 0 Å². The first-order valence-electron chi connectivity index (χ1n) is 29.0. The zero-order valence-electron chi connectivity index (χ0n) is 50.9. The zero-order valence-corrected chi connectivity index (χ0v) is 50.9. The maximum Gasteiger partial charge on any atom is 0.330 e. The Hall–Kier alpha value is -10.4. The SMILES string of the molecule is C=C/C=C/COC.CC(=O)N1C(=O)C=CC1=O.CC(=O)ON1C(=O)CCC1=O.CC(c1ccccc1)(c1ccccc1)c1ccccc1.CC(c1ccccc1)(c1ccccc1)c1ccccc1.CC(c1ccccc1)(c1ccccc1)c1ccccc1. The van der Waals surface area contributed by atoms with Gasteiger partial charge >= 0.3 is 5.97 Å². The molecule has 1 fully saturated rings. The molecule has 0 aliphatic carbocycles. The number of methoxy groups -OCH3 is 1. The average Bonchev–Trinajstić information content (AvgIpc) is 1.27. The van der Waals surface area contributed by atoms with Gasteiger partial charge in [-0.1, -0.05) is 298 Å². The lowest BCUT2D eigenvalue weighted by Gasteiger charge is -2.31. The topological polar surface area (TPSA) is 127 Å². The average molecular weight is 1170 g/mol. The van der Waals surface area contributed by atoms with Crippen LogP contribution in [0.4, 0.5) is 0 Å². The van der Waals surface area contributed by atoms with Crippen LogP contribution in [0.2, 0.25) is 0 Å². The fourth-order valence-electron chi connectivity index (χ4n) is 10.2. The maximum absolute atomic E-state index is 10.7. The molecule has 2 heterocycles. The molecule has 9 aromatic carbocycles. The summed E-state index contributed by atoms with van der Waals surface area (Å²) in [6, 6.07) is 96.4. The minimum absolute atomic E-state index is 0.121.